The summed E-state index contributed by atoms with van der Waals surface area (Å²) in [7, 11) is 0. The molecule has 0 saturated carbocycles. The Morgan fingerprint density at radius 1 is 0.500 bits per heavy atom. The van der Waals surface area contributed by atoms with Crippen molar-refractivity contribution in [3.8, 4) is 0 Å². The molecule has 0 saturated heterocycles. The van der Waals surface area contributed by atoms with E-state index < -0.39 is 65.9 Å². The highest BCUT2D eigenvalue weighted by molar-refractivity contribution is 5.94. The van der Waals surface area contributed by atoms with Crippen molar-refractivity contribution < 1.29 is 43.8 Å². The molecule has 2 aromatic carbocycles. The van der Waals surface area contributed by atoms with Gasteiger partial charge in [0.15, 0.2) is 0 Å². The maximum absolute atomic E-state index is 13.3. The first-order valence-corrected chi connectivity index (χ1v) is 23.3. The van der Waals surface area contributed by atoms with Crippen LogP contribution in [0.4, 0.5) is 0 Å². The van der Waals surface area contributed by atoms with Crippen LogP contribution in [0.25, 0.3) is 0 Å². The van der Waals surface area contributed by atoms with E-state index in [9.17, 15) is 43.8 Å². The number of nitrogens with two attached hydrogens (primary N) is 1. The number of unbranched alkanes of at least 4 members (excludes halogenated alkanes) is 11. The Balaban J connectivity index is 1.60. The minimum Gasteiger partial charge on any atom is -0.480 e. The molecule has 6 amide bonds. The fourth-order valence-corrected chi connectivity index (χ4v) is 7.39. The van der Waals surface area contributed by atoms with Crippen molar-refractivity contribution in [2.24, 2.45) is 17.6 Å². The second-order valence-corrected chi connectivity index (χ2v) is 17.8. The number of aliphatic hydroxyl groups excluding tert-OH is 1. The third-order valence-corrected chi connectivity index (χ3v) is 11.1. The van der Waals surface area contributed by atoms with Crippen molar-refractivity contribution in [2.75, 3.05) is 0 Å². The molecule has 0 bridgehead atoms. The highest BCUT2D eigenvalue weighted by Crippen LogP contribution is 2.15. The molecule has 0 unspecified atom stereocenters. The lowest BCUT2D eigenvalue weighted by molar-refractivity contribution is -0.142. The van der Waals surface area contributed by atoms with Crippen LogP contribution in [0.1, 0.15) is 142 Å². The second kappa shape index (κ2) is 30.7. The molecule has 0 aromatic heterocycles. The predicted molar refractivity (Wildman–Crippen MR) is 247 cm³/mol. The third-order valence-electron chi connectivity index (χ3n) is 11.1. The van der Waals surface area contributed by atoms with Gasteiger partial charge in [-0.15, -0.1) is 0 Å². The van der Waals surface area contributed by atoms with Gasteiger partial charge in [0, 0.05) is 25.7 Å². The van der Waals surface area contributed by atoms with E-state index in [2.05, 4.69) is 26.6 Å². The number of hydrogen-bond acceptors (Lipinski definition) is 8. The average molecular weight is 893 g/mol. The number of carbonyl (C=O) groups excluding carboxylic acids is 6. The van der Waals surface area contributed by atoms with E-state index in [1.54, 1.807) is 0 Å². The van der Waals surface area contributed by atoms with E-state index in [1.165, 1.54) is 6.92 Å². The summed E-state index contributed by atoms with van der Waals surface area (Å²) in [5, 5.41) is 33.4. The van der Waals surface area contributed by atoms with Crippen LogP contribution >= 0.6 is 0 Å². The summed E-state index contributed by atoms with van der Waals surface area (Å²) in [6.45, 7) is 8.81. The average Bonchev–Trinajstić information content (AvgIpc) is 3.24. The fourth-order valence-electron chi connectivity index (χ4n) is 7.39. The molecule has 64 heavy (non-hydrogen) atoms. The van der Waals surface area contributed by atoms with E-state index in [1.807, 2.05) is 88.4 Å². The maximum atomic E-state index is 13.3. The van der Waals surface area contributed by atoms with Crippen molar-refractivity contribution in [1.29, 1.82) is 0 Å². The third kappa shape index (κ3) is 22.9. The van der Waals surface area contributed by atoms with Crippen LogP contribution in [-0.2, 0) is 46.4 Å². The van der Waals surface area contributed by atoms with Gasteiger partial charge < -0.3 is 42.5 Å². The first kappa shape index (κ1) is 54.8. The van der Waals surface area contributed by atoms with Gasteiger partial charge in [-0.05, 0) is 49.1 Å². The zero-order valence-electron chi connectivity index (χ0n) is 38.7. The molecule has 9 N–H and O–H groups in total. The summed E-state index contributed by atoms with van der Waals surface area (Å²) in [5.41, 5.74) is 7.19. The Kier molecular flexibility index (Phi) is 26.3. The first-order chi connectivity index (χ1) is 30.5. The lowest BCUT2D eigenvalue weighted by Gasteiger charge is -2.26. The number of carboxylic acids is 1. The lowest BCUT2D eigenvalue weighted by atomic mass is 10.0. The van der Waals surface area contributed by atoms with E-state index in [0.29, 0.717) is 19.3 Å². The van der Waals surface area contributed by atoms with Gasteiger partial charge in [-0.2, -0.15) is 0 Å². The number of rotatable bonds is 33. The lowest BCUT2D eigenvalue weighted by Crippen LogP contribution is -2.59. The van der Waals surface area contributed by atoms with Crippen molar-refractivity contribution in [3.63, 3.8) is 0 Å². The number of aliphatic hydroxyl groups is 1. The Morgan fingerprint density at radius 3 is 1.27 bits per heavy atom. The van der Waals surface area contributed by atoms with Crippen LogP contribution in [0.5, 0.6) is 0 Å². The van der Waals surface area contributed by atoms with E-state index in [4.69, 9.17) is 5.73 Å². The maximum Gasteiger partial charge on any atom is 0.326 e. The van der Waals surface area contributed by atoms with Gasteiger partial charge in [-0.25, -0.2) is 4.79 Å². The van der Waals surface area contributed by atoms with Crippen LogP contribution in [0, 0.1) is 11.8 Å². The highest BCUT2D eigenvalue weighted by Gasteiger charge is 2.32. The molecule has 0 fully saturated rings. The summed E-state index contributed by atoms with van der Waals surface area (Å²) < 4.78 is 0. The molecule has 0 heterocycles. The summed E-state index contributed by atoms with van der Waals surface area (Å²) in [6.07, 6.45) is 11.6. The van der Waals surface area contributed by atoms with E-state index in [-0.39, 0.29) is 49.3 Å². The number of hydrogen-bond donors (Lipinski definition) is 8. The SMILES string of the molecule is CC(C)C[C@H](NC(=O)[C@@H](NC(=O)CCCCCCCCCCCCCCC(=O)N[C@H](C(=O)N[C@@H](Cc1ccccc1)C(=O)O)C(C)C)[C@@H](C)O)C(=O)N[C@@H](Cc1ccccc1)C(N)=O. The van der Waals surface area contributed by atoms with Crippen LogP contribution in [0.15, 0.2) is 60.7 Å². The number of carboxylic acid groups (broad SMARTS) is 1. The van der Waals surface area contributed by atoms with Crippen molar-refractivity contribution in [3.05, 3.63) is 71.8 Å². The van der Waals surface area contributed by atoms with Gasteiger partial charge in [0.1, 0.15) is 30.2 Å². The van der Waals surface area contributed by atoms with Gasteiger partial charge in [-0.1, -0.05) is 153 Å². The van der Waals surface area contributed by atoms with Gasteiger partial charge in [0.05, 0.1) is 6.10 Å². The molecule has 356 valence electrons. The zero-order chi connectivity index (χ0) is 47.4. The molecule has 0 aliphatic rings. The van der Waals surface area contributed by atoms with Gasteiger partial charge >= 0.3 is 5.97 Å². The minimum atomic E-state index is -1.26. The molecule has 2 aromatic rings. The molecule has 0 aliphatic heterocycles. The molecule has 15 nitrogen and oxygen atoms in total. The second-order valence-electron chi connectivity index (χ2n) is 17.8. The number of benzene rings is 2. The molecule has 15 heteroatoms. The van der Waals surface area contributed by atoms with Crippen LogP contribution in [0.3, 0.4) is 0 Å². The fraction of sp³-hybridized carbons (Fsp3) is 0.612. The monoisotopic (exact) mass is 893 g/mol. The molecular weight excluding hydrogens is 817 g/mol. The predicted octanol–water partition coefficient (Wildman–Crippen LogP) is 5.01. The summed E-state index contributed by atoms with van der Waals surface area (Å²) >= 11 is 0. The highest BCUT2D eigenvalue weighted by atomic mass is 16.4. The Bertz CT molecular complexity index is 1720. The standard InChI is InChI=1S/C49H76N6O9/c1-33(2)30-39(46(60)51-38(45(50)59)31-36-24-18-16-19-25-36)52-48(62)44(35(5)56)55-42(58)29-23-15-13-11-9-7-6-8-10-12-14-22-28-41(57)54-43(34(3)4)47(61)53-40(49(63)64)32-37-26-20-17-21-27-37/h16-21,24-27,33-35,38-40,43-44,56H,6-15,22-23,28-32H2,1-5H3,(H2,50,59)(H,51,60)(H,52,62)(H,53,61)(H,54,57)(H,55,58)(H,63,64)/t35-,38+,39+,40+,43+,44+/m1/s1. The van der Waals surface area contributed by atoms with Gasteiger partial charge in [0.25, 0.3) is 0 Å². The Labute approximate surface area is 380 Å². The smallest absolute Gasteiger partial charge is 0.326 e. The van der Waals surface area contributed by atoms with Crippen LogP contribution in [-0.4, -0.2) is 87.9 Å². The number of carbonyl (C=O) groups is 7. The number of aliphatic carboxylic acids is 1. The topological polar surface area (TPSA) is 246 Å². The van der Waals surface area contributed by atoms with E-state index in [0.717, 1.165) is 75.3 Å². The normalized spacial score (nSPS) is 14.1. The van der Waals surface area contributed by atoms with Gasteiger partial charge in [0.2, 0.25) is 35.4 Å². The summed E-state index contributed by atoms with van der Waals surface area (Å²) in [6, 6.07) is 13.0. The Hall–Kier alpha value is -5.31. The quantitative estimate of drug-likeness (QED) is 0.0449. The van der Waals surface area contributed by atoms with Crippen LogP contribution in [0.2, 0.25) is 0 Å². The summed E-state index contributed by atoms with van der Waals surface area (Å²) in [4.78, 5) is 89.1. The zero-order valence-corrected chi connectivity index (χ0v) is 38.7. The van der Waals surface area contributed by atoms with Crippen molar-refractivity contribution >= 4 is 41.4 Å². The Morgan fingerprint density at radius 2 is 0.875 bits per heavy atom. The molecular formula is C49H76N6O9. The summed E-state index contributed by atoms with van der Waals surface area (Å²) in [5.74, 6) is -4.41. The molecule has 0 spiro atoms. The molecule has 0 radical (unpaired) electrons. The largest absolute Gasteiger partial charge is 0.480 e. The molecule has 0 aliphatic carbocycles. The van der Waals surface area contributed by atoms with E-state index >= 15 is 0 Å². The first-order valence-electron chi connectivity index (χ1n) is 23.3. The van der Waals surface area contributed by atoms with Gasteiger partial charge in [-0.3, -0.25) is 28.8 Å². The molecule has 2 rings (SSSR count). The van der Waals surface area contributed by atoms with Crippen molar-refractivity contribution in [2.45, 2.75) is 180 Å². The number of amides is 6. The van der Waals surface area contributed by atoms with Crippen molar-refractivity contribution in [1.82, 2.24) is 26.6 Å². The molecule has 6 atom stereocenters. The number of primary amides is 1. The van der Waals surface area contributed by atoms with Crippen LogP contribution < -0.4 is 32.3 Å². The number of nitrogens with one attached hydrogen (secondary N) is 5. The minimum absolute atomic E-state index is 0.00516.